The van der Waals surface area contributed by atoms with E-state index in [2.05, 4.69) is 28.2 Å². The van der Waals surface area contributed by atoms with Gasteiger partial charge in [0.1, 0.15) is 0 Å². The highest BCUT2D eigenvalue weighted by Crippen LogP contribution is 2.27. The number of anilines is 1. The van der Waals surface area contributed by atoms with Gasteiger partial charge in [-0.25, -0.2) is 0 Å². The molecule has 0 aliphatic carbocycles. The summed E-state index contributed by atoms with van der Waals surface area (Å²) in [6, 6.07) is 4.40. The van der Waals surface area contributed by atoms with E-state index in [0.717, 1.165) is 40.5 Å². The topological polar surface area (TPSA) is 56.1 Å². The van der Waals surface area contributed by atoms with Gasteiger partial charge in [-0.1, -0.05) is 6.07 Å². The summed E-state index contributed by atoms with van der Waals surface area (Å²) >= 11 is 3.52. The summed E-state index contributed by atoms with van der Waals surface area (Å²) in [5.74, 6) is 0. The first-order valence-electron chi connectivity index (χ1n) is 6.27. The number of aliphatic hydroxyl groups is 1. The molecule has 0 aromatic heterocycles. The second-order valence-electron chi connectivity index (χ2n) is 4.57. The largest absolute Gasteiger partial charge is 0.396 e. The number of aliphatic hydroxyl groups excluding tert-OH is 1. The maximum Gasteiger partial charge on any atom is 0.0442 e. The molecule has 0 bridgehead atoms. The third-order valence-electron chi connectivity index (χ3n) is 2.96. The smallest absolute Gasteiger partial charge is 0.0442 e. The second kappa shape index (κ2) is 7.54. The highest BCUT2D eigenvalue weighted by Gasteiger charge is 2.09. The number of aryl methyl sites for hydroxylation is 1. The Morgan fingerprint density at radius 3 is 2.78 bits per heavy atom. The van der Waals surface area contributed by atoms with E-state index < -0.39 is 0 Å². The van der Waals surface area contributed by atoms with Gasteiger partial charge in [-0.3, -0.25) is 0 Å². The van der Waals surface area contributed by atoms with Crippen LogP contribution in [0, 0.1) is 12.3 Å². The van der Waals surface area contributed by atoms with Crippen LogP contribution in [0.3, 0.4) is 0 Å². The van der Waals surface area contributed by atoms with Crippen LogP contribution in [0.4, 0.5) is 5.69 Å². The molecule has 1 rings (SSSR count). The molecule has 0 spiro atoms. The second-order valence-corrected chi connectivity index (χ2v) is 5.36. The number of hydrogen-bond donors (Lipinski definition) is 3. The van der Waals surface area contributed by atoms with Gasteiger partial charge in [0, 0.05) is 34.6 Å². The first kappa shape index (κ1) is 15.2. The molecule has 0 amide bonds. The van der Waals surface area contributed by atoms with Crippen molar-refractivity contribution < 1.29 is 5.11 Å². The molecule has 100 valence electrons. The predicted octanol–water partition coefficient (Wildman–Crippen LogP) is 3.72. The Balaban J connectivity index is 2.72. The van der Waals surface area contributed by atoms with E-state index in [1.165, 1.54) is 6.21 Å². The van der Waals surface area contributed by atoms with E-state index in [-0.39, 0.29) is 6.61 Å². The number of unbranched alkanes of at least 4 members (excludes halogenated alkanes) is 1. The molecule has 1 aromatic rings. The molecule has 0 aliphatic heterocycles. The average Bonchev–Trinajstić information content (AvgIpc) is 2.35. The molecule has 1 unspecified atom stereocenters. The Labute approximate surface area is 117 Å². The Kier molecular flexibility index (Phi) is 6.36. The normalized spacial score (nSPS) is 12.2. The fraction of sp³-hybridized carbons (Fsp3) is 0.500. The minimum Gasteiger partial charge on any atom is -0.396 e. The molecule has 0 fully saturated rings. The number of hydrogen-bond acceptors (Lipinski definition) is 3. The highest BCUT2D eigenvalue weighted by molar-refractivity contribution is 9.10. The van der Waals surface area contributed by atoms with Gasteiger partial charge < -0.3 is 15.8 Å². The summed E-state index contributed by atoms with van der Waals surface area (Å²) in [4.78, 5) is 0. The van der Waals surface area contributed by atoms with E-state index in [9.17, 15) is 0 Å². The van der Waals surface area contributed by atoms with E-state index in [0.29, 0.717) is 6.04 Å². The van der Waals surface area contributed by atoms with E-state index >= 15 is 0 Å². The van der Waals surface area contributed by atoms with Gasteiger partial charge >= 0.3 is 0 Å². The van der Waals surface area contributed by atoms with Gasteiger partial charge in [-0.2, -0.15) is 0 Å². The van der Waals surface area contributed by atoms with Crippen molar-refractivity contribution in [3.8, 4) is 0 Å². The Morgan fingerprint density at radius 2 is 2.17 bits per heavy atom. The lowest BCUT2D eigenvalue weighted by Gasteiger charge is -2.18. The molecule has 1 aromatic carbocycles. The van der Waals surface area contributed by atoms with Crippen molar-refractivity contribution in [1.82, 2.24) is 0 Å². The minimum atomic E-state index is 0.258. The van der Waals surface area contributed by atoms with Gasteiger partial charge in [0.25, 0.3) is 0 Å². The molecule has 3 nitrogen and oxygen atoms in total. The first-order chi connectivity index (χ1) is 8.60. The van der Waals surface area contributed by atoms with Gasteiger partial charge in [0.2, 0.25) is 0 Å². The number of rotatable bonds is 7. The van der Waals surface area contributed by atoms with Crippen LogP contribution in [0.25, 0.3) is 0 Å². The summed E-state index contributed by atoms with van der Waals surface area (Å²) < 4.78 is 0.977. The van der Waals surface area contributed by atoms with Crippen LogP contribution in [-0.4, -0.2) is 24.0 Å². The van der Waals surface area contributed by atoms with Crippen LogP contribution in [0.1, 0.15) is 37.3 Å². The maximum absolute atomic E-state index is 8.76. The summed E-state index contributed by atoms with van der Waals surface area (Å²) in [5.41, 5.74) is 3.01. The van der Waals surface area contributed by atoms with Crippen molar-refractivity contribution in [1.29, 1.82) is 5.41 Å². The van der Waals surface area contributed by atoms with Crippen molar-refractivity contribution in [3.05, 3.63) is 27.7 Å². The Morgan fingerprint density at radius 1 is 1.44 bits per heavy atom. The lowest BCUT2D eigenvalue weighted by atomic mass is 10.1. The molecular weight excluding hydrogens is 292 g/mol. The number of benzene rings is 1. The lowest BCUT2D eigenvalue weighted by molar-refractivity contribution is 0.282. The van der Waals surface area contributed by atoms with Crippen molar-refractivity contribution >= 4 is 27.8 Å². The lowest BCUT2D eigenvalue weighted by Crippen LogP contribution is -2.16. The number of nitrogens with one attached hydrogen (secondary N) is 2. The van der Waals surface area contributed by atoms with Gasteiger partial charge in [-0.15, -0.1) is 0 Å². The van der Waals surface area contributed by atoms with Crippen LogP contribution < -0.4 is 5.32 Å². The van der Waals surface area contributed by atoms with Gasteiger partial charge in [0.15, 0.2) is 0 Å². The molecule has 1 atom stereocenters. The average molecular weight is 313 g/mol. The molecule has 4 heteroatoms. The first-order valence-corrected chi connectivity index (χ1v) is 7.06. The SMILES string of the molecule is Cc1ccc(NC(C)CCCCO)c(C=N)c1Br. The third-order valence-corrected chi connectivity index (χ3v) is 4.02. The molecule has 18 heavy (non-hydrogen) atoms. The van der Waals surface area contributed by atoms with Crippen LogP contribution in [0.5, 0.6) is 0 Å². The Bertz CT molecular complexity index is 407. The van der Waals surface area contributed by atoms with Crippen LogP contribution in [-0.2, 0) is 0 Å². The van der Waals surface area contributed by atoms with Crippen LogP contribution in [0.15, 0.2) is 16.6 Å². The van der Waals surface area contributed by atoms with Crippen LogP contribution in [0.2, 0.25) is 0 Å². The molecule has 0 aliphatic rings. The van der Waals surface area contributed by atoms with Gasteiger partial charge in [0.05, 0.1) is 0 Å². The monoisotopic (exact) mass is 312 g/mol. The van der Waals surface area contributed by atoms with Crippen molar-refractivity contribution in [2.45, 2.75) is 39.2 Å². The zero-order valence-electron chi connectivity index (χ0n) is 11.0. The van der Waals surface area contributed by atoms with E-state index in [4.69, 9.17) is 10.5 Å². The van der Waals surface area contributed by atoms with Crippen LogP contribution >= 0.6 is 15.9 Å². The summed E-state index contributed by atoms with van der Waals surface area (Å²) in [6.07, 6.45) is 4.25. The number of halogens is 1. The summed E-state index contributed by atoms with van der Waals surface area (Å²) in [7, 11) is 0. The third kappa shape index (κ3) is 4.10. The van der Waals surface area contributed by atoms with E-state index in [1.807, 2.05) is 19.1 Å². The fourth-order valence-corrected chi connectivity index (χ4v) is 2.33. The van der Waals surface area contributed by atoms with Gasteiger partial charge in [-0.05, 0) is 60.7 Å². The molecule has 0 heterocycles. The zero-order valence-corrected chi connectivity index (χ0v) is 12.5. The standard InChI is InChI=1S/C14H21BrN2O/c1-10-6-7-13(12(9-16)14(10)15)17-11(2)5-3-4-8-18/h6-7,9,11,16-18H,3-5,8H2,1-2H3. The molecular formula is C14H21BrN2O. The fourth-order valence-electron chi connectivity index (χ4n) is 1.87. The van der Waals surface area contributed by atoms with Crippen molar-refractivity contribution in [3.63, 3.8) is 0 Å². The minimum absolute atomic E-state index is 0.258. The Hall–Kier alpha value is -0.870. The molecule has 0 radical (unpaired) electrons. The summed E-state index contributed by atoms with van der Waals surface area (Å²) in [6.45, 7) is 4.40. The highest BCUT2D eigenvalue weighted by atomic mass is 79.9. The molecule has 0 saturated heterocycles. The molecule has 3 N–H and O–H groups in total. The quantitative estimate of drug-likeness (QED) is 0.531. The molecule has 0 saturated carbocycles. The van der Waals surface area contributed by atoms with Crippen molar-refractivity contribution in [2.24, 2.45) is 0 Å². The predicted molar refractivity (Wildman–Crippen MR) is 80.8 cm³/mol. The summed E-state index contributed by atoms with van der Waals surface area (Å²) in [5, 5.41) is 19.7. The van der Waals surface area contributed by atoms with Crippen molar-refractivity contribution in [2.75, 3.05) is 11.9 Å². The van der Waals surface area contributed by atoms with E-state index in [1.54, 1.807) is 0 Å². The zero-order chi connectivity index (χ0) is 13.5. The maximum atomic E-state index is 8.76.